The van der Waals surface area contributed by atoms with Gasteiger partial charge in [0.2, 0.25) is 0 Å². The van der Waals surface area contributed by atoms with E-state index in [1.54, 1.807) is 0 Å². The van der Waals surface area contributed by atoms with Crippen LogP contribution in [0.1, 0.15) is 32.4 Å². The molecule has 0 saturated heterocycles. The number of aliphatic hydroxyl groups excluding tert-OH is 1. The van der Waals surface area contributed by atoms with E-state index in [1.807, 2.05) is 20.8 Å². The average molecular weight is 214 g/mol. The zero-order valence-corrected chi connectivity index (χ0v) is 9.17. The Balaban J connectivity index is 2.96. The molecule has 15 heavy (non-hydrogen) atoms. The fourth-order valence-corrected chi connectivity index (χ4v) is 1.39. The molecule has 0 aromatic heterocycles. The Morgan fingerprint density at radius 2 is 1.73 bits per heavy atom. The summed E-state index contributed by atoms with van der Waals surface area (Å²) in [7, 11) is 0. The molecule has 3 heteroatoms. The van der Waals surface area contributed by atoms with Gasteiger partial charge in [-0.1, -0.05) is 26.8 Å². The fraction of sp³-hybridized carbons (Fsp3) is 0.500. The van der Waals surface area contributed by atoms with Crippen LogP contribution in [0.4, 0.5) is 8.78 Å². The van der Waals surface area contributed by atoms with Gasteiger partial charge < -0.3 is 5.11 Å². The summed E-state index contributed by atoms with van der Waals surface area (Å²) in [6, 6.07) is 3.26. The Bertz CT molecular complexity index is 336. The molecule has 0 aliphatic heterocycles. The van der Waals surface area contributed by atoms with Gasteiger partial charge in [-0.2, -0.15) is 0 Å². The monoisotopic (exact) mass is 214 g/mol. The molecule has 1 aromatic carbocycles. The molecule has 1 aromatic rings. The molecule has 0 aliphatic carbocycles. The first-order valence-electron chi connectivity index (χ1n) is 5.06. The highest BCUT2D eigenvalue weighted by atomic mass is 19.1. The zero-order valence-electron chi connectivity index (χ0n) is 9.17. The third-order valence-electron chi connectivity index (χ3n) is 2.83. The summed E-state index contributed by atoms with van der Waals surface area (Å²) < 4.78 is 26.0. The second-order valence-electron chi connectivity index (χ2n) is 4.21. The molecular formula is C12H16F2O. The first kappa shape index (κ1) is 12.1. The average Bonchev–Trinajstić information content (AvgIpc) is 2.15. The minimum absolute atomic E-state index is 0.0649. The van der Waals surface area contributed by atoms with Crippen LogP contribution in [-0.2, 0) is 0 Å². The van der Waals surface area contributed by atoms with E-state index in [1.165, 1.54) is 6.07 Å². The van der Waals surface area contributed by atoms with Gasteiger partial charge in [-0.3, -0.25) is 0 Å². The lowest BCUT2D eigenvalue weighted by Crippen LogP contribution is -2.16. The van der Waals surface area contributed by atoms with E-state index in [0.29, 0.717) is 0 Å². The zero-order chi connectivity index (χ0) is 11.6. The molecule has 0 aliphatic rings. The van der Waals surface area contributed by atoms with Gasteiger partial charge in [0.15, 0.2) is 0 Å². The minimum Gasteiger partial charge on any atom is -0.388 e. The van der Waals surface area contributed by atoms with Crippen molar-refractivity contribution in [1.29, 1.82) is 0 Å². The topological polar surface area (TPSA) is 20.2 Å². The van der Waals surface area contributed by atoms with Gasteiger partial charge in [0.05, 0.1) is 6.10 Å². The first-order valence-corrected chi connectivity index (χ1v) is 5.06. The van der Waals surface area contributed by atoms with E-state index in [4.69, 9.17) is 0 Å². The highest BCUT2D eigenvalue weighted by Gasteiger charge is 2.22. The minimum atomic E-state index is -0.884. The number of benzene rings is 1. The van der Waals surface area contributed by atoms with Gasteiger partial charge in [0.25, 0.3) is 0 Å². The largest absolute Gasteiger partial charge is 0.388 e. The molecule has 0 radical (unpaired) electrons. The molecule has 1 rings (SSSR count). The van der Waals surface area contributed by atoms with Gasteiger partial charge in [-0.05, 0) is 17.9 Å². The maximum atomic E-state index is 13.3. The van der Waals surface area contributed by atoms with Gasteiger partial charge >= 0.3 is 0 Å². The van der Waals surface area contributed by atoms with Crippen LogP contribution < -0.4 is 0 Å². The lowest BCUT2D eigenvalue weighted by Gasteiger charge is -2.22. The summed E-state index contributed by atoms with van der Waals surface area (Å²) in [6.07, 6.45) is -0.884. The molecule has 2 unspecified atom stereocenters. The normalized spacial score (nSPS) is 15.4. The molecule has 0 saturated carbocycles. The van der Waals surface area contributed by atoms with Crippen molar-refractivity contribution < 1.29 is 13.9 Å². The summed E-state index contributed by atoms with van der Waals surface area (Å²) in [5.41, 5.74) is 0.164. The number of halogens is 2. The van der Waals surface area contributed by atoms with E-state index in [0.717, 1.165) is 12.1 Å². The van der Waals surface area contributed by atoms with Crippen molar-refractivity contribution in [3.8, 4) is 0 Å². The number of aliphatic hydroxyl groups is 1. The van der Waals surface area contributed by atoms with Crippen molar-refractivity contribution in [1.82, 2.24) is 0 Å². The second kappa shape index (κ2) is 4.71. The van der Waals surface area contributed by atoms with Crippen LogP contribution in [0.5, 0.6) is 0 Å². The predicted octanol–water partition coefficient (Wildman–Crippen LogP) is 3.29. The van der Waals surface area contributed by atoms with E-state index in [-0.39, 0.29) is 17.4 Å². The van der Waals surface area contributed by atoms with Crippen LogP contribution >= 0.6 is 0 Å². The van der Waals surface area contributed by atoms with Crippen LogP contribution in [0.25, 0.3) is 0 Å². The maximum Gasteiger partial charge on any atom is 0.131 e. The lowest BCUT2D eigenvalue weighted by atomic mass is 9.88. The Morgan fingerprint density at radius 3 is 2.20 bits per heavy atom. The van der Waals surface area contributed by atoms with Crippen molar-refractivity contribution in [2.75, 3.05) is 0 Å². The van der Waals surface area contributed by atoms with Gasteiger partial charge in [0, 0.05) is 11.6 Å². The molecule has 0 fully saturated rings. The Morgan fingerprint density at radius 1 is 1.13 bits per heavy atom. The van der Waals surface area contributed by atoms with E-state index in [2.05, 4.69) is 0 Å². The molecule has 0 bridgehead atoms. The molecule has 84 valence electrons. The van der Waals surface area contributed by atoms with Crippen molar-refractivity contribution in [3.05, 3.63) is 35.4 Å². The highest BCUT2D eigenvalue weighted by molar-refractivity contribution is 5.21. The molecule has 1 N–H and O–H groups in total. The summed E-state index contributed by atoms with van der Waals surface area (Å²) in [4.78, 5) is 0. The lowest BCUT2D eigenvalue weighted by molar-refractivity contribution is 0.0886. The van der Waals surface area contributed by atoms with Crippen LogP contribution in [0.15, 0.2) is 18.2 Å². The Hall–Kier alpha value is -0.960. The number of hydrogen-bond donors (Lipinski definition) is 1. The SMILES string of the molecule is CC(C)C(C)C(O)c1ccc(F)cc1F. The van der Waals surface area contributed by atoms with E-state index in [9.17, 15) is 13.9 Å². The van der Waals surface area contributed by atoms with Gasteiger partial charge in [-0.15, -0.1) is 0 Å². The van der Waals surface area contributed by atoms with E-state index < -0.39 is 17.7 Å². The smallest absolute Gasteiger partial charge is 0.131 e. The highest BCUT2D eigenvalue weighted by Crippen LogP contribution is 2.29. The maximum absolute atomic E-state index is 13.3. The van der Waals surface area contributed by atoms with Crippen molar-refractivity contribution in [2.45, 2.75) is 26.9 Å². The number of hydrogen-bond acceptors (Lipinski definition) is 1. The number of rotatable bonds is 3. The third kappa shape index (κ3) is 2.75. The Kier molecular flexibility index (Phi) is 3.80. The van der Waals surface area contributed by atoms with Gasteiger partial charge in [0.1, 0.15) is 11.6 Å². The molecule has 1 nitrogen and oxygen atoms in total. The second-order valence-corrected chi connectivity index (χ2v) is 4.21. The molecule has 0 heterocycles. The van der Waals surface area contributed by atoms with E-state index >= 15 is 0 Å². The molecule has 0 spiro atoms. The first-order chi connectivity index (χ1) is 6.93. The third-order valence-corrected chi connectivity index (χ3v) is 2.83. The van der Waals surface area contributed by atoms with Crippen LogP contribution in [0, 0.1) is 23.5 Å². The summed E-state index contributed by atoms with van der Waals surface area (Å²) >= 11 is 0. The Labute approximate surface area is 88.7 Å². The van der Waals surface area contributed by atoms with Crippen LogP contribution in [0.3, 0.4) is 0 Å². The van der Waals surface area contributed by atoms with Crippen molar-refractivity contribution in [3.63, 3.8) is 0 Å². The van der Waals surface area contributed by atoms with Gasteiger partial charge in [-0.25, -0.2) is 8.78 Å². The van der Waals surface area contributed by atoms with Crippen LogP contribution in [0.2, 0.25) is 0 Å². The summed E-state index contributed by atoms with van der Waals surface area (Å²) in [5.74, 6) is -1.13. The standard InChI is InChI=1S/C12H16F2O/c1-7(2)8(3)12(15)10-5-4-9(13)6-11(10)14/h4-8,12,15H,1-3H3. The van der Waals surface area contributed by atoms with Crippen molar-refractivity contribution in [2.24, 2.45) is 11.8 Å². The molecule has 2 atom stereocenters. The molecule has 0 amide bonds. The predicted molar refractivity (Wildman–Crippen MR) is 55.3 cm³/mol. The summed E-state index contributed by atoms with van der Waals surface area (Å²) in [6.45, 7) is 5.75. The van der Waals surface area contributed by atoms with Crippen molar-refractivity contribution >= 4 is 0 Å². The van der Waals surface area contributed by atoms with Crippen LogP contribution in [-0.4, -0.2) is 5.11 Å². The summed E-state index contributed by atoms with van der Waals surface area (Å²) in [5, 5.41) is 9.87. The molecular weight excluding hydrogens is 198 g/mol. The quantitative estimate of drug-likeness (QED) is 0.818. The fourth-order valence-electron chi connectivity index (χ4n) is 1.39.